The van der Waals surface area contributed by atoms with Crippen molar-refractivity contribution in [3.63, 3.8) is 0 Å². The molecule has 0 heterocycles. The van der Waals surface area contributed by atoms with Crippen LogP contribution in [0, 0.1) is 0 Å². The Bertz CT molecular complexity index is 299. The Hall–Kier alpha value is -0.670. The molecule has 0 unspecified atom stereocenters. The molecule has 13 heavy (non-hydrogen) atoms. The van der Waals surface area contributed by atoms with E-state index in [0.717, 1.165) is 5.69 Å². The van der Waals surface area contributed by atoms with Gasteiger partial charge in [-0.1, -0.05) is 11.6 Å². The van der Waals surface area contributed by atoms with Gasteiger partial charge in [0, 0.05) is 17.8 Å². The van der Waals surface area contributed by atoms with Gasteiger partial charge >= 0.3 is 0 Å². The highest BCUT2D eigenvalue weighted by Crippen LogP contribution is 2.16. The highest BCUT2D eigenvalue weighted by Gasteiger charge is 2.07. The van der Waals surface area contributed by atoms with Gasteiger partial charge in [0.1, 0.15) is 0 Å². The van der Waals surface area contributed by atoms with Crippen molar-refractivity contribution in [2.24, 2.45) is 0 Å². The van der Waals surface area contributed by atoms with Gasteiger partial charge in [-0.15, -0.1) is 0 Å². The Labute approximate surface area is 87.9 Å². The van der Waals surface area contributed by atoms with Crippen LogP contribution in [0.1, 0.15) is 0 Å². The van der Waals surface area contributed by atoms with Crippen LogP contribution >= 0.6 is 24.2 Å². The number of hydrogen-bond acceptors (Lipinski definition) is 2. The summed E-state index contributed by atoms with van der Waals surface area (Å²) in [5, 5.41) is 0.662. The van der Waals surface area contributed by atoms with E-state index in [1.54, 1.807) is 36.2 Å². The van der Waals surface area contributed by atoms with E-state index in [9.17, 15) is 4.79 Å². The smallest absolute Gasteiger partial charge is 0.236 e. The van der Waals surface area contributed by atoms with Gasteiger partial charge in [-0.25, -0.2) is 0 Å². The van der Waals surface area contributed by atoms with Crippen molar-refractivity contribution in [3.05, 3.63) is 29.3 Å². The minimum absolute atomic E-state index is 0.0364. The number of amides is 1. The van der Waals surface area contributed by atoms with Crippen molar-refractivity contribution in [1.82, 2.24) is 0 Å². The van der Waals surface area contributed by atoms with Crippen LogP contribution in [0.3, 0.4) is 0 Å². The lowest BCUT2D eigenvalue weighted by atomic mass is 10.3. The fourth-order valence-electron chi connectivity index (χ4n) is 0.915. The van der Waals surface area contributed by atoms with E-state index in [0.29, 0.717) is 5.02 Å². The average molecular weight is 216 g/mol. The number of hydrogen-bond donors (Lipinski definition) is 1. The van der Waals surface area contributed by atoms with Gasteiger partial charge in [0.2, 0.25) is 5.91 Å². The molecule has 0 saturated carbocycles. The van der Waals surface area contributed by atoms with Crippen molar-refractivity contribution in [2.75, 3.05) is 17.7 Å². The fraction of sp³-hybridized carbons (Fsp3) is 0.222. The first kappa shape index (κ1) is 10.4. The van der Waals surface area contributed by atoms with Crippen LogP contribution in [-0.4, -0.2) is 18.7 Å². The number of carbonyl (C=O) groups excluding carboxylic acids is 1. The van der Waals surface area contributed by atoms with E-state index >= 15 is 0 Å². The Kier molecular flexibility index (Phi) is 3.63. The Morgan fingerprint density at radius 3 is 2.46 bits per heavy atom. The number of carbonyl (C=O) groups is 1. The maximum absolute atomic E-state index is 11.2. The number of halogens is 1. The highest BCUT2D eigenvalue weighted by atomic mass is 35.5. The molecule has 0 saturated heterocycles. The highest BCUT2D eigenvalue weighted by molar-refractivity contribution is 7.81. The van der Waals surface area contributed by atoms with Crippen LogP contribution in [0.5, 0.6) is 0 Å². The third kappa shape index (κ3) is 2.64. The predicted octanol–water partition coefficient (Wildman–Crippen LogP) is 2.23. The summed E-state index contributed by atoms with van der Waals surface area (Å²) >= 11 is 9.62. The molecule has 0 fully saturated rings. The number of thiol groups is 1. The topological polar surface area (TPSA) is 20.3 Å². The molecule has 4 heteroatoms. The third-order valence-electron chi connectivity index (χ3n) is 1.72. The minimum atomic E-state index is -0.0364. The SMILES string of the molecule is CN(C(=O)CS)c1ccc(Cl)cc1. The molecular weight excluding hydrogens is 206 g/mol. The lowest BCUT2D eigenvalue weighted by Crippen LogP contribution is -2.27. The van der Waals surface area contributed by atoms with E-state index in [2.05, 4.69) is 12.6 Å². The largest absolute Gasteiger partial charge is 0.315 e. The normalized spacial score (nSPS) is 9.77. The van der Waals surface area contributed by atoms with E-state index in [4.69, 9.17) is 11.6 Å². The molecular formula is C9H10ClNOS. The standard InChI is InChI=1S/C9H10ClNOS/c1-11(9(12)6-13)8-4-2-7(10)3-5-8/h2-5,13H,6H2,1H3. The predicted molar refractivity (Wildman–Crippen MR) is 58.7 cm³/mol. The molecule has 1 aromatic rings. The second kappa shape index (κ2) is 4.53. The van der Waals surface area contributed by atoms with Crippen molar-refractivity contribution in [1.29, 1.82) is 0 Å². The molecule has 1 rings (SSSR count). The zero-order valence-corrected chi connectivity index (χ0v) is 8.85. The molecule has 0 aromatic heterocycles. The number of anilines is 1. The van der Waals surface area contributed by atoms with Gasteiger partial charge < -0.3 is 4.90 Å². The van der Waals surface area contributed by atoms with E-state index in [1.165, 1.54) is 0 Å². The molecule has 70 valence electrons. The molecule has 0 bridgehead atoms. The molecule has 0 aliphatic heterocycles. The van der Waals surface area contributed by atoms with Gasteiger partial charge in [-0.05, 0) is 24.3 Å². The number of nitrogens with zero attached hydrogens (tertiary/aromatic N) is 1. The number of rotatable bonds is 2. The van der Waals surface area contributed by atoms with E-state index < -0.39 is 0 Å². The Morgan fingerprint density at radius 1 is 1.46 bits per heavy atom. The van der Waals surface area contributed by atoms with Crippen molar-refractivity contribution in [2.45, 2.75) is 0 Å². The zero-order valence-electron chi connectivity index (χ0n) is 7.20. The van der Waals surface area contributed by atoms with Crippen molar-refractivity contribution < 1.29 is 4.79 Å². The third-order valence-corrected chi connectivity index (χ3v) is 2.25. The summed E-state index contributed by atoms with van der Waals surface area (Å²) in [6.45, 7) is 0. The summed E-state index contributed by atoms with van der Waals surface area (Å²) in [4.78, 5) is 12.8. The van der Waals surface area contributed by atoms with Crippen LogP contribution in [0.15, 0.2) is 24.3 Å². The van der Waals surface area contributed by atoms with Gasteiger partial charge in [0.25, 0.3) is 0 Å². The molecule has 0 radical (unpaired) electrons. The van der Waals surface area contributed by atoms with Crippen LogP contribution in [0.25, 0.3) is 0 Å². The maximum atomic E-state index is 11.2. The van der Waals surface area contributed by atoms with Gasteiger partial charge in [-0.2, -0.15) is 12.6 Å². The summed E-state index contributed by atoms with van der Waals surface area (Å²) < 4.78 is 0. The minimum Gasteiger partial charge on any atom is -0.315 e. The lowest BCUT2D eigenvalue weighted by Gasteiger charge is -2.15. The summed E-state index contributed by atoms with van der Waals surface area (Å²) in [6, 6.07) is 7.09. The van der Waals surface area contributed by atoms with Gasteiger partial charge in [-0.3, -0.25) is 4.79 Å². The summed E-state index contributed by atoms with van der Waals surface area (Å²) in [5.74, 6) is 0.171. The van der Waals surface area contributed by atoms with Crippen LogP contribution in [0.4, 0.5) is 5.69 Å². The van der Waals surface area contributed by atoms with E-state index in [1.807, 2.05) is 0 Å². The fourth-order valence-corrected chi connectivity index (χ4v) is 1.25. The summed E-state index contributed by atoms with van der Waals surface area (Å²) in [6.07, 6.45) is 0. The van der Waals surface area contributed by atoms with Crippen LogP contribution in [0.2, 0.25) is 5.02 Å². The van der Waals surface area contributed by atoms with Gasteiger partial charge in [0.15, 0.2) is 0 Å². The summed E-state index contributed by atoms with van der Waals surface area (Å²) in [7, 11) is 1.71. The first-order valence-corrected chi connectivity index (χ1v) is 4.79. The van der Waals surface area contributed by atoms with Crippen LogP contribution in [-0.2, 0) is 4.79 Å². The Balaban J connectivity index is 2.83. The molecule has 0 aliphatic carbocycles. The molecule has 0 N–H and O–H groups in total. The monoisotopic (exact) mass is 215 g/mol. The molecule has 0 atom stereocenters. The second-order valence-corrected chi connectivity index (χ2v) is 3.34. The molecule has 1 amide bonds. The second-order valence-electron chi connectivity index (χ2n) is 2.59. The molecule has 1 aromatic carbocycles. The van der Waals surface area contributed by atoms with Crippen LogP contribution < -0.4 is 4.90 Å². The molecule has 0 aliphatic rings. The van der Waals surface area contributed by atoms with E-state index in [-0.39, 0.29) is 11.7 Å². The van der Waals surface area contributed by atoms with Crippen molar-refractivity contribution in [3.8, 4) is 0 Å². The first-order valence-electron chi connectivity index (χ1n) is 3.78. The lowest BCUT2D eigenvalue weighted by molar-refractivity contribution is -0.115. The quantitative estimate of drug-likeness (QED) is 0.751. The first-order chi connectivity index (χ1) is 6.15. The average Bonchev–Trinajstić information content (AvgIpc) is 2.17. The summed E-state index contributed by atoms with van der Waals surface area (Å²) in [5.41, 5.74) is 0.823. The maximum Gasteiger partial charge on any atom is 0.236 e. The molecule has 0 spiro atoms. The zero-order chi connectivity index (χ0) is 9.84. The Morgan fingerprint density at radius 2 is 2.00 bits per heavy atom. The van der Waals surface area contributed by atoms with Gasteiger partial charge in [0.05, 0.1) is 5.75 Å². The molecule has 2 nitrogen and oxygen atoms in total. The number of benzene rings is 1. The van der Waals surface area contributed by atoms with Crippen molar-refractivity contribution >= 4 is 35.8 Å².